The number of nitrogens with two attached hydrogens (primary N) is 1. The Bertz CT molecular complexity index is 726. The Balaban J connectivity index is 0.00000176. The first-order valence-electron chi connectivity index (χ1n) is 6.83. The van der Waals surface area contributed by atoms with Crippen molar-refractivity contribution in [1.82, 2.24) is 4.98 Å². The van der Waals surface area contributed by atoms with Crippen LogP contribution in [0.15, 0.2) is 54.6 Å². The highest BCUT2D eigenvalue weighted by Gasteiger charge is 2.13. The quantitative estimate of drug-likeness (QED) is 0.750. The number of nitrogen functional groups attached to an aromatic ring is 1. The van der Waals surface area contributed by atoms with Gasteiger partial charge in [0.25, 0.3) is 0 Å². The van der Waals surface area contributed by atoms with Crippen molar-refractivity contribution < 1.29 is 21.7 Å². The molecule has 1 aromatic heterocycles. The number of hydrogen-bond donors (Lipinski definition) is 1. The van der Waals surface area contributed by atoms with E-state index in [9.17, 15) is 0 Å². The second kappa shape index (κ2) is 7.42. The van der Waals surface area contributed by atoms with Gasteiger partial charge >= 0.3 is 0 Å². The number of anilines is 1. The Hall–Kier alpha value is -1.85. The minimum absolute atomic E-state index is 0. The van der Waals surface area contributed by atoms with Crippen molar-refractivity contribution in [3.05, 3.63) is 54.6 Å². The van der Waals surface area contributed by atoms with E-state index in [0.29, 0.717) is 11.7 Å². The van der Waals surface area contributed by atoms with Crippen molar-refractivity contribution in [3.8, 4) is 27.4 Å². The lowest BCUT2D eigenvalue weighted by Crippen LogP contribution is -3.00. The van der Waals surface area contributed by atoms with Crippen LogP contribution in [0.4, 0.5) is 5.13 Å². The van der Waals surface area contributed by atoms with Gasteiger partial charge in [0.05, 0.1) is 17.2 Å². The van der Waals surface area contributed by atoms with Gasteiger partial charge in [-0.2, -0.15) is 0 Å². The fourth-order valence-electron chi connectivity index (χ4n) is 2.19. The van der Waals surface area contributed by atoms with Crippen molar-refractivity contribution in [2.45, 2.75) is 6.92 Å². The number of ether oxygens (including phenoxy) is 1. The van der Waals surface area contributed by atoms with Crippen molar-refractivity contribution in [3.63, 3.8) is 0 Å². The van der Waals surface area contributed by atoms with E-state index in [1.165, 1.54) is 11.3 Å². The van der Waals surface area contributed by atoms with Crippen LogP contribution in [0.1, 0.15) is 6.92 Å². The first kappa shape index (κ1) is 16.5. The van der Waals surface area contributed by atoms with Gasteiger partial charge in [0, 0.05) is 5.56 Å². The van der Waals surface area contributed by atoms with Gasteiger partial charge in [0.15, 0.2) is 5.13 Å². The number of aromatic nitrogens is 1. The summed E-state index contributed by atoms with van der Waals surface area (Å²) >= 11 is 1.51. The molecule has 5 heteroatoms. The van der Waals surface area contributed by atoms with Gasteiger partial charge < -0.3 is 27.5 Å². The van der Waals surface area contributed by atoms with Crippen LogP contribution in [0.3, 0.4) is 0 Å². The molecule has 0 spiro atoms. The maximum atomic E-state index is 5.91. The number of nitrogens with zero attached hydrogens (tertiary/aromatic N) is 1. The van der Waals surface area contributed by atoms with Gasteiger partial charge in [0.2, 0.25) is 0 Å². The normalized spacial score (nSPS) is 10.0. The Morgan fingerprint density at radius 2 is 1.68 bits per heavy atom. The minimum Gasteiger partial charge on any atom is -1.00 e. The zero-order chi connectivity index (χ0) is 14.7. The predicted octanol–water partition coefficient (Wildman–Crippen LogP) is 1.46. The van der Waals surface area contributed by atoms with E-state index in [1.54, 1.807) is 0 Å². The average molecular weight is 376 g/mol. The van der Waals surface area contributed by atoms with Gasteiger partial charge in [-0.1, -0.05) is 41.7 Å². The second-order valence-corrected chi connectivity index (χ2v) is 5.58. The summed E-state index contributed by atoms with van der Waals surface area (Å²) in [5, 5.41) is 0.581. The molecule has 0 aliphatic carbocycles. The Kier molecular flexibility index (Phi) is 5.57. The first-order chi connectivity index (χ1) is 10.3. The zero-order valence-electron chi connectivity index (χ0n) is 12.1. The summed E-state index contributed by atoms with van der Waals surface area (Å²) in [7, 11) is 0. The van der Waals surface area contributed by atoms with Crippen molar-refractivity contribution in [2.24, 2.45) is 0 Å². The summed E-state index contributed by atoms with van der Waals surface area (Å²) < 4.78 is 5.47. The number of thiazole rings is 1. The van der Waals surface area contributed by atoms with Crippen molar-refractivity contribution in [1.29, 1.82) is 0 Å². The Labute approximate surface area is 144 Å². The third kappa shape index (κ3) is 3.48. The van der Waals surface area contributed by atoms with Crippen molar-refractivity contribution >= 4 is 16.5 Å². The molecule has 0 unspecified atom stereocenters. The van der Waals surface area contributed by atoms with E-state index in [0.717, 1.165) is 27.4 Å². The van der Waals surface area contributed by atoms with E-state index in [2.05, 4.69) is 17.1 Å². The molecule has 0 aliphatic heterocycles. The lowest BCUT2D eigenvalue weighted by molar-refractivity contribution is -0.00000473. The third-order valence-electron chi connectivity index (χ3n) is 3.12. The van der Waals surface area contributed by atoms with Gasteiger partial charge in [-0.15, -0.1) is 0 Å². The monoisotopic (exact) mass is 375 g/mol. The molecular formula is C17H16BrN2OS-. The fraction of sp³-hybridized carbons (Fsp3) is 0.118. The molecule has 2 aromatic carbocycles. The molecule has 2 N–H and O–H groups in total. The molecule has 0 amide bonds. The van der Waals surface area contributed by atoms with Crippen LogP contribution in [-0.2, 0) is 0 Å². The second-order valence-electron chi connectivity index (χ2n) is 4.55. The van der Waals surface area contributed by atoms with E-state index < -0.39 is 0 Å². The molecule has 3 nitrogen and oxygen atoms in total. The smallest absolute Gasteiger partial charge is 0.181 e. The third-order valence-corrected chi connectivity index (χ3v) is 4.05. The summed E-state index contributed by atoms with van der Waals surface area (Å²) in [5.41, 5.74) is 9.02. The zero-order valence-corrected chi connectivity index (χ0v) is 14.5. The van der Waals surface area contributed by atoms with E-state index in [1.807, 2.05) is 49.4 Å². The molecule has 0 radical (unpaired) electrons. The maximum absolute atomic E-state index is 5.91. The van der Waals surface area contributed by atoms with Crippen LogP contribution in [-0.4, -0.2) is 11.6 Å². The van der Waals surface area contributed by atoms with Crippen molar-refractivity contribution in [2.75, 3.05) is 12.3 Å². The lowest BCUT2D eigenvalue weighted by atomic mass is 10.1. The molecule has 0 bridgehead atoms. The highest BCUT2D eigenvalue weighted by Crippen LogP contribution is 2.38. The molecule has 1 heterocycles. The molecular weight excluding hydrogens is 360 g/mol. The van der Waals surface area contributed by atoms with Crippen LogP contribution in [0.2, 0.25) is 0 Å². The number of hydrogen-bond acceptors (Lipinski definition) is 4. The molecule has 3 rings (SSSR count). The van der Waals surface area contributed by atoms with Gasteiger partial charge in [-0.25, -0.2) is 4.98 Å². The van der Waals surface area contributed by atoms with Crippen LogP contribution >= 0.6 is 11.3 Å². The molecule has 0 fully saturated rings. The molecule has 3 aromatic rings. The number of rotatable bonds is 4. The van der Waals surface area contributed by atoms with Crippen LogP contribution in [0, 0.1) is 0 Å². The van der Waals surface area contributed by atoms with Crippen LogP contribution in [0.5, 0.6) is 5.75 Å². The topological polar surface area (TPSA) is 48.1 Å². The van der Waals surface area contributed by atoms with Gasteiger partial charge in [0.1, 0.15) is 5.75 Å². The summed E-state index contributed by atoms with van der Waals surface area (Å²) in [6, 6.07) is 18.2. The molecule has 0 saturated carbocycles. The molecule has 114 valence electrons. The maximum Gasteiger partial charge on any atom is 0.181 e. The Morgan fingerprint density at radius 3 is 2.32 bits per heavy atom. The minimum atomic E-state index is 0. The fourth-order valence-corrected chi connectivity index (χ4v) is 3.05. The van der Waals surface area contributed by atoms with E-state index >= 15 is 0 Å². The molecule has 0 aliphatic rings. The highest BCUT2D eigenvalue weighted by atomic mass is 79.9. The van der Waals surface area contributed by atoms with Crippen LogP contribution in [0.25, 0.3) is 21.7 Å². The summed E-state index contributed by atoms with van der Waals surface area (Å²) in [4.78, 5) is 5.58. The summed E-state index contributed by atoms with van der Waals surface area (Å²) in [6.07, 6.45) is 0. The Morgan fingerprint density at radius 1 is 1.00 bits per heavy atom. The molecule has 0 saturated heterocycles. The first-order valence-corrected chi connectivity index (χ1v) is 7.64. The molecule has 0 atom stereocenters. The molecule has 22 heavy (non-hydrogen) atoms. The lowest BCUT2D eigenvalue weighted by Gasteiger charge is -2.05. The van der Waals surface area contributed by atoms with Crippen LogP contribution < -0.4 is 27.5 Å². The largest absolute Gasteiger partial charge is 1.00 e. The summed E-state index contributed by atoms with van der Waals surface area (Å²) in [6.45, 7) is 2.64. The highest BCUT2D eigenvalue weighted by molar-refractivity contribution is 7.19. The standard InChI is InChI=1S/C17H16N2OS.BrH/c1-2-20-14-10-8-12(9-11-14)15-16(21-17(18)19-15)13-6-4-3-5-7-13;/h3-11H,2H2,1H3,(H2,18,19);1H/p-1. The number of halogens is 1. The SMILES string of the molecule is CCOc1ccc(-c2nc(N)sc2-c2ccccc2)cc1.[Br-]. The summed E-state index contributed by atoms with van der Waals surface area (Å²) in [5.74, 6) is 0.866. The predicted molar refractivity (Wildman–Crippen MR) is 88.6 cm³/mol. The van der Waals surface area contributed by atoms with E-state index in [4.69, 9.17) is 10.5 Å². The number of benzene rings is 2. The average Bonchev–Trinajstić information content (AvgIpc) is 2.91. The van der Waals surface area contributed by atoms with Gasteiger partial charge in [-0.3, -0.25) is 0 Å². The van der Waals surface area contributed by atoms with Gasteiger partial charge in [-0.05, 0) is 36.8 Å². The van der Waals surface area contributed by atoms with E-state index in [-0.39, 0.29) is 17.0 Å².